The highest BCUT2D eigenvalue weighted by atomic mass is 79.9. The fourth-order valence-corrected chi connectivity index (χ4v) is 1.81. The Morgan fingerprint density at radius 2 is 1.86 bits per heavy atom. The molecule has 0 spiro atoms. The summed E-state index contributed by atoms with van der Waals surface area (Å²) in [5.74, 6) is 0. The van der Waals surface area contributed by atoms with E-state index in [4.69, 9.17) is 0 Å². The van der Waals surface area contributed by atoms with E-state index in [1.165, 1.54) is 12.0 Å². The number of benzene rings is 1. The van der Waals surface area contributed by atoms with Gasteiger partial charge in [-0.15, -0.1) is 0 Å². The van der Waals surface area contributed by atoms with Crippen LogP contribution in [0.1, 0.15) is 31.9 Å². The van der Waals surface area contributed by atoms with Crippen LogP contribution in [-0.4, -0.2) is 18.5 Å². The average molecular weight is 256 g/mol. The van der Waals surface area contributed by atoms with Crippen molar-refractivity contribution >= 4 is 15.9 Å². The molecule has 1 rings (SSSR count). The minimum atomic E-state index is 0.503. The van der Waals surface area contributed by atoms with Crippen molar-refractivity contribution in [3.63, 3.8) is 0 Å². The molecule has 0 aliphatic carbocycles. The summed E-state index contributed by atoms with van der Waals surface area (Å²) in [7, 11) is 2.18. The molecule has 1 aromatic carbocycles. The van der Waals surface area contributed by atoms with E-state index in [0.717, 1.165) is 11.0 Å². The van der Waals surface area contributed by atoms with Crippen LogP contribution in [0.5, 0.6) is 0 Å². The first-order valence-electron chi connectivity index (χ1n) is 5.11. The van der Waals surface area contributed by atoms with E-state index >= 15 is 0 Å². The summed E-state index contributed by atoms with van der Waals surface area (Å²) in [6.07, 6.45) is 1.21. The third-order valence-electron chi connectivity index (χ3n) is 2.59. The zero-order chi connectivity index (χ0) is 10.6. The van der Waals surface area contributed by atoms with Gasteiger partial charge < -0.3 is 0 Å². The first-order chi connectivity index (χ1) is 6.65. The molecule has 0 bridgehead atoms. The van der Waals surface area contributed by atoms with E-state index in [1.807, 2.05) is 0 Å². The highest BCUT2D eigenvalue weighted by Crippen LogP contribution is 2.20. The fourth-order valence-electron chi connectivity index (χ4n) is 1.54. The van der Waals surface area contributed by atoms with Crippen LogP contribution in [0.15, 0.2) is 28.7 Å². The van der Waals surface area contributed by atoms with Gasteiger partial charge in [0, 0.05) is 10.5 Å². The van der Waals surface area contributed by atoms with Crippen molar-refractivity contribution in [3.8, 4) is 0 Å². The predicted octanol–water partition coefficient (Wildman–Crippen LogP) is 3.85. The minimum Gasteiger partial charge on any atom is -0.300 e. The van der Waals surface area contributed by atoms with Gasteiger partial charge in [0.2, 0.25) is 0 Å². The largest absolute Gasteiger partial charge is 0.300 e. The predicted molar refractivity (Wildman–Crippen MR) is 65.5 cm³/mol. The van der Waals surface area contributed by atoms with Crippen LogP contribution >= 0.6 is 15.9 Å². The SMILES string of the molecule is CCCN(C)C(C)c1ccc(Br)cc1. The third kappa shape index (κ3) is 3.10. The Morgan fingerprint density at radius 3 is 2.36 bits per heavy atom. The lowest BCUT2D eigenvalue weighted by atomic mass is 10.1. The van der Waals surface area contributed by atoms with Gasteiger partial charge in [0.1, 0.15) is 0 Å². The number of rotatable bonds is 4. The Bertz CT molecular complexity index is 268. The standard InChI is InChI=1S/C12H18BrN/c1-4-9-14(3)10(2)11-5-7-12(13)8-6-11/h5-8,10H,4,9H2,1-3H3. The lowest BCUT2D eigenvalue weighted by molar-refractivity contribution is 0.262. The van der Waals surface area contributed by atoms with Crippen LogP contribution in [0.4, 0.5) is 0 Å². The molecule has 0 N–H and O–H groups in total. The smallest absolute Gasteiger partial charge is 0.0316 e. The van der Waals surface area contributed by atoms with Crippen LogP contribution in [0.25, 0.3) is 0 Å². The topological polar surface area (TPSA) is 3.24 Å². The molecule has 0 saturated carbocycles. The van der Waals surface area contributed by atoms with Gasteiger partial charge >= 0.3 is 0 Å². The summed E-state index contributed by atoms with van der Waals surface area (Å²) >= 11 is 3.45. The first kappa shape index (κ1) is 11.7. The molecule has 78 valence electrons. The van der Waals surface area contributed by atoms with Crippen LogP contribution < -0.4 is 0 Å². The Balaban J connectivity index is 2.68. The van der Waals surface area contributed by atoms with E-state index in [9.17, 15) is 0 Å². The highest BCUT2D eigenvalue weighted by Gasteiger charge is 2.09. The monoisotopic (exact) mass is 255 g/mol. The number of halogens is 1. The molecule has 1 unspecified atom stereocenters. The van der Waals surface area contributed by atoms with E-state index in [2.05, 4.69) is 66.0 Å². The maximum absolute atomic E-state index is 3.45. The Hall–Kier alpha value is -0.340. The first-order valence-corrected chi connectivity index (χ1v) is 5.90. The fraction of sp³-hybridized carbons (Fsp3) is 0.500. The Morgan fingerprint density at radius 1 is 1.29 bits per heavy atom. The minimum absolute atomic E-state index is 0.503. The molecule has 1 atom stereocenters. The van der Waals surface area contributed by atoms with Crippen LogP contribution in [0.3, 0.4) is 0 Å². The summed E-state index contributed by atoms with van der Waals surface area (Å²) in [5, 5.41) is 0. The zero-order valence-electron chi connectivity index (χ0n) is 9.13. The molecule has 0 heterocycles. The van der Waals surface area contributed by atoms with Crippen molar-refractivity contribution < 1.29 is 0 Å². The van der Waals surface area contributed by atoms with Crippen molar-refractivity contribution in [2.75, 3.05) is 13.6 Å². The van der Waals surface area contributed by atoms with Crippen LogP contribution in [-0.2, 0) is 0 Å². The van der Waals surface area contributed by atoms with Gasteiger partial charge in [-0.25, -0.2) is 0 Å². The second kappa shape index (κ2) is 5.52. The number of hydrogen-bond acceptors (Lipinski definition) is 1. The average Bonchev–Trinajstić information content (AvgIpc) is 2.18. The van der Waals surface area contributed by atoms with Gasteiger partial charge in [-0.2, -0.15) is 0 Å². The van der Waals surface area contributed by atoms with Crippen molar-refractivity contribution in [1.29, 1.82) is 0 Å². The molecule has 14 heavy (non-hydrogen) atoms. The van der Waals surface area contributed by atoms with E-state index in [0.29, 0.717) is 6.04 Å². The quantitative estimate of drug-likeness (QED) is 0.790. The molecular weight excluding hydrogens is 238 g/mol. The Labute approximate surface area is 95.2 Å². The second-order valence-electron chi connectivity index (χ2n) is 3.71. The molecule has 0 saturated heterocycles. The lowest BCUT2D eigenvalue weighted by Gasteiger charge is -2.24. The van der Waals surface area contributed by atoms with E-state index in [-0.39, 0.29) is 0 Å². The summed E-state index contributed by atoms with van der Waals surface area (Å²) < 4.78 is 1.14. The normalized spacial score (nSPS) is 13.2. The van der Waals surface area contributed by atoms with Gasteiger partial charge in [-0.1, -0.05) is 35.0 Å². The molecule has 1 nitrogen and oxygen atoms in total. The summed E-state index contributed by atoms with van der Waals surface area (Å²) in [6.45, 7) is 5.61. The summed E-state index contributed by atoms with van der Waals surface area (Å²) in [5.41, 5.74) is 1.38. The third-order valence-corrected chi connectivity index (χ3v) is 3.12. The van der Waals surface area contributed by atoms with Crippen molar-refractivity contribution in [3.05, 3.63) is 34.3 Å². The summed E-state index contributed by atoms with van der Waals surface area (Å²) in [6, 6.07) is 9.07. The molecule has 0 fully saturated rings. The van der Waals surface area contributed by atoms with Crippen LogP contribution in [0.2, 0.25) is 0 Å². The van der Waals surface area contributed by atoms with Crippen molar-refractivity contribution in [1.82, 2.24) is 4.90 Å². The maximum Gasteiger partial charge on any atom is 0.0316 e. The molecule has 0 radical (unpaired) electrons. The molecule has 0 aromatic heterocycles. The molecule has 0 aliphatic rings. The van der Waals surface area contributed by atoms with E-state index < -0.39 is 0 Å². The molecule has 0 aliphatic heterocycles. The van der Waals surface area contributed by atoms with Gasteiger partial charge in [-0.3, -0.25) is 4.90 Å². The van der Waals surface area contributed by atoms with Crippen LogP contribution in [0, 0.1) is 0 Å². The number of hydrogen-bond donors (Lipinski definition) is 0. The van der Waals surface area contributed by atoms with Gasteiger partial charge in [-0.05, 0) is 44.6 Å². The molecular formula is C12H18BrN. The lowest BCUT2D eigenvalue weighted by Crippen LogP contribution is -2.22. The number of nitrogens with zero attached hydrogens (tertiary/aromatic N) is 1. The van der Waals surface area contributed by atoms with Crippen molar-refractivity contribution in [2.45, 2.75) is 26.3 Å². The zero-order valence-corrected chi connectivity index (χ0v) is 10.7. The van der Waals surface area contributed by atoms with Gasteiger partial charge in [0.15, 0.2) is 0 Å². The van der Waals surface area contributed by atoms with E-state index in [1.54, 1.807) is 0 Å². The van der Waals surface area contributed by atoms with Crippen molar-refractivity contribution in [2.24, 2.45) is 0 Å². The second-order valence-corrected chi connectivity index (χ2v) is 4.62. The van der Waals surface area contributed by atoms with Gasteiger partial charge in [0.05, 0.1) is 0 Å². The summed E-state index contributed by atoms with van der Waals surface area (Å²) in [4.78, 5) is 2.38. The van der Waals surface area contributed by atoms with Gasteiger partial charge in [0.25, 0.3) is 0 Å². The Kier molecular flexibility index (Phi) is 4.63. The molecule has 0 amide bonds. The molecule has 1 aromatic rings. The maximum atomic E-state index is 3.45. The molecule has 2 heteroatoms. The highest BCUT2D eigenvalue weighted by molar-refractivity contribution is 9.10.